The van der Waals surface area contributed by atoms with Gasteiger partial charge in [0.15, 0.2) is 5.65 Å². The molecule has 2 aromatic rings. The van der Waals surface area contributed by atoms with Crippen LogP contribution in [0.1, 0.15) is 96.7 Å². The molecule has 2 bridgehead atoms. The summed E-state index contributed by atoms with van der Waals surface area (Å²) in [4.78, 5) is 69.1. The Hall–Kier alpha value is -3.48. The second kappa shape index (κ2) is 12.6. The number of H-pyrrole nitrogens is 1. The number of hydrogen-bond acceptors (Lipinski definition) is 9. The summed E-state index contributed by atoms with van der Waals surface area (Å²) in [6.07, 6.45) is 7.44. The fourth-order valence-corrected chi connectivity index (χ4v) is 6.33. The average Bonchev–Trinajstić information content (AvgIpc) is 3.43. The highest BCUT2D eigenvalue weighted by atomic mass is 16.7. The molecular formula is C28H41N5O8. The van der Waals surface area contributed by atoms with Crippen LogP contribution in [-0.4, -0.2) is 55.0 Å². The minimum absolute atomic E-state index is 0.0224. The SMILES string of the molecule is CCCn1c(=O)c2[nH]c(C34CCC(CCC(=O)OCOC(=O)CCC(N)C(=O)O)(CC3)CC4)nc2n(CCC)c1=O. The highest BCUT2D eigenvalue weighted by molar-refractivity contribution is 5.75. The number of carboxylic acids is 1. The summed E-state index contributed by atoms with van der Waals surface area (Å²) in [5, 5.41) is 8.75. The molecule has 13 heteroatoms. The number of nitrogens with two attached hydrogens (primary N) is 1. The van der Waals surface area contributed by atoms with Crippen LogP contribution in [0.3, 0.4) is 0 Å². The van der Waals surface area contributed by atoms with E-state index in [4.69, 9.17) is 25.3 Å². The fraction of sp³-hybridized carbons (Fsp3) is 0.714. The van der Waals surface area contributed by atoms with Crippen molar-refractivity contribution in [2.24, 2.45) is 11.1 Å². The number of aliphatic carboxylic acids is 1. The molecule has 5 rings (SSSR count). The molecule has 3 aliphatic carbocycles. The first-order valence-corrected chi connectivity index (χ1v) is 14.6. The number of ether oxygens (including phenoxy) is 2. The Morgan fingerprint density at radius 3 is 2.15 bits per heavy atom. The number of carbonyl (C=O) groups is 3. The molecular weight excluding hydrogens is 534 g/mol. The van der Waals surface area contributed by atoms with Crippen LogP contribution in [-0.2, 0) is 42.4 Å². The smallest absolute Gasteiger partial charge is 0.332 e. The van der Waals surface area contributed by atoms with E-state index in [0.717, 1.165) is 50.8 Å². The molecule has 0 saturated heterocycles. The van der Waals surface area contributed by atoms with Crippen LogP contribution < -0.4 is 17.0 Å². The maximum Gasteiger partial charge on any atom is 0.332 e. The summed E-state index contributed by atoms with van der Waals surface area (Å²) in [5.74, 6) is -1.54. The van der Waals surface area contributed by atoms with Crippen molar-refractivity contribution in [3.63, 3.8) is 0 Å². The Balaban J connectivity index is 1.34. The molecule has 0 aliphatic heterocycles. The summed E-state index contributed by atoms with van der Waals surface area (Å²) in [5.41, 5.74) is 5.40. The largest absolute Gasteiger partial charge is 0.480 e. The minimum Gasteiger partial charge on any atom is -0.480 e. The molecule has 0 aromatic carbocycles. The number of hydrogen-bond donors (Lipinski definition) is 3. The van der Waals surface area contributed by atoms with E-state index in [-0.39, 0.29) is 41.3 Å². The molecule has 41 heavy (non-hydrogen) atoms. The standard InChI is InChI=1S/C28H41N5O8/c1-3-15-32-22-21(23(36)33(16-4-2)26(32)39)30-25(31-22)28-12-9-27(10-13-28,11-14-28)8-7-20(35)41-17-40-19(34)6-5-18(29)24(37)38/h18H,3-17,29H2,1-2H3,(H,30,31)(H,37,38). The van der Waals surface area contributed by atoms with Gasteiger partial charge in [-0.15, -0.1) is 0 Å². The fourth-order valence-electron chi connectivity index (χ4n) is 6.33. The normalized spacial score (nSPS) is 22.5. The van der Waals surface area contributed by atoms with Crippen LogP contribution >= 0.6 is 0 Å². The summed E-state index contributed by atoms with van der Waals surface area (Å²) in [7, 11) is 0. The van der Waals surface area contributed by atoms with E-state index < -0.39 is 30.7 Å². The number of fused-ring (bicyclic) bond motifs is 4. The number of imidazole rings is 1. The summed E-state index contributed by atoms with van der Waals surface area (Å²) >= 11 is 0. The van der Waals surface area contributed by atoms with E-state index in [1.807, 2.05) is 13.8 Å². The maximum absolute atomic E-state index is 13.2. The molecule has 0 radical (unpaired) electrons. The highest BCUT2D eigenvalue weighted by Gasteiger charge is 2.50. The molecule has 2 aromatic heterocycles. The Kier molecular flexibility index (Phi) is 9.35. The van der Waals surface area contributed by atoms with Crippen LogP contribution in [0.5, 0.6) is 0 Å². The van der Waals surface area contributed by atoms with Crippen molar-refractivity contribution in [2.45, 2.75) is 115 Å². The molecule has 226 valence electrons. The van der Waals surface area contributed by atoms with Crippen molar-refractivity contribution < 1.29 is 29.0 Å². The molecule has 13 nitrogen and oxygen atoms in total. The molecule has 1 unspecified atom stereocenters. The van der Waals surface area contributed by atoms with Gasteiger partial charge in [-0.25, -0.2) is 9.78 Å². The van der Waals surface area contributed by atoms with E-state index in [2.05, 4.69) is 4.98 Å². The zero-order chi connectivity index (χ0) is 29.8. The topological polar surface area (TPSA) is 189 Å². The number of nitrogens with one attached hydrogen (secondary N) is 1. The van der Waals surface area contributed by atoms with Crippen molar-refractivity contribution >= 4 is 29.1 Å². The van der Waals surface area contributed by atoms with Gasteiger partial charge in [0.2, 0.25) is 6.79 Å². The van der Waals surface area contributed by atoms with Gasteiger partial charge < -0.3 is 25.3 Å². The number of rotatable bonds is 14. The predicted molar refractivity (Wildman–Crippen MR) is 148 cm³/mol. The molecule has 3 fully saturated rings. The van der Waals surface area contributed by atoms with Crippen molar-refractivity contribution in [3.8, 4) is 0 Å². The van der Waals surface area contributed by atoms with Gasteiger partial charge in [0, 0.05) is 31.3 Å². The number of carboxylic acid groups (broad SMARTS) is 1. The minimum atomic E-state index is -1.20. The van der Waals surface area contributed by atoms with Crippen LogP contribution in [0.2, 0.25) is 0 Å². The molecule has 4 N–H and O–H groups in total. The Labute approximate surface area is 237 Å². The van der Waals surface area contributed by atoms with Crippen molar-refractivity contribution in [2.75, 3.05) is 6.79 Å². The van der Waals surface area contributed by atoms with E-state index >= 15 is 0 Å². The summed E-state index contributed by atoms with van der Waals surface area (Å²) < 4.78 is 12.8. The quantitative estimate of drug-likeness (QED) is 0.223. The van der Waals surface area contributed by atoms with Crippen molar-refractivity contribution in [1.29, 1.82) is 0 Å². The van der Waals surface area contributed by atoms with Crippen molar-refractivity contribution in [1.82, 2.24) is 19.1 Å². The lowest BCUT2D eigenvalue weighted by Gasteiger charge is -2.52. The number of esters is 2. The van der Waals surface area contributed by atoms with E-state index in [1.165, 1.54) is 4.57 Å². The Morgan fingerprint density at radius 1 is 0.976 bits per heavy atom. The molecule has 0 amide bonds. The van der Waals surface area contributed by atoms with Crippen LogP contribution in [0, 0.1) is 5.41 Å². The second-order valence-electron chi connectivity index (χ2n) is 11.6. The Bertz CT molecular complexity index is 1380. The lowest BCUT2D eigenvalue weighted by molar-refractivity contribution is -0.167. The lowest BCUT2D eigenvalue weighted by atomic mass is 9.52. The number of aryl methyl sites for hydroxylation is 1. The molecule has 0 spiro atoms. The molecule has 3 aliphatic rings. The van der Waals surface area contributed by atoms with E-state index in [1.54, 1.807) is 4.57 Å². The predicted octanol–water partition coefficient (Wildman–Crippen LogP) is 2.31. The van der Waals surface area contributed by atoms with Gasteiger partial charge in [0.25, 0.3) is 5.56 Å². The first kappa shape index (κ1) is 30.5. The summed E-state index contributed by atoms with van der Waals surface area (Å²) in [6.45, 7) is 4.28. The van der Waals surface area contributed by atoms with E-state index in [9.17, 15) is 24.0 Å². The monoisotopic (exact) mass is 575 g/mol. The van der Waals surface area contributed by atoms with Gasteiger partial charge in [-0.05, 0) is 69.6 Å². The highest BCUT2D eigenvalue weighted by Crippen LogP contribution is 2.59. The summed E-state index contributed by atoms with van der Waals surface area (Å²) in [6, 6.07) is -1.15. The van der Waals surface area contributed by atoms with Gasteiger partial charge in [-0.2, -0.15) is 0 Å². The zero-order valence-electron chi connectivity index (χ0n) is 23.9. The zero-order valence-corrected chi connectivity index (χ0v) is 23.9. The molecule has 1 atom stereocenters. The van der Waals surface area contributed by atoms with Gasteiger partial charge in [-0.3, -0.25) is 28.3 Å². The van der Waals surface area contributed by atoms with Gasteiger partial charge in [0.05, 0.1) is 0 Å². The van der Waals surface area contributed by atoms with E-state index in [0.29, 0.717) is 37.1 Å². The van der Waals surface area contributed by atoms with Gasteiger partial charge in [0.1, 0.15) is 17.4 Å². The molecule has 3 saturated carbocycles. The number of nitrogens with zero attached hydrogens (tertiary/aromatic N) is 3. The first-order valence-electron chi connectivity index (χ1n) is 14.6. The third-order valence-electron chi connectivity index (χ3n) is 8.94. The van der Waals surface area contributed by atoms with Crippen LogP contribution in [0.4, 0.5) is 0 Å². The first-order chi connectivity index (χ1) is 19.5. The number of aromatic amines is 1. The van der Waals surface area contributed by atoms with Crippen LogP contribution in [0.15, 0.2) is 9.59 Å². The third kappa shape index (κ3) is 6.39. The molecule has 2 heterocycles. The Morgan fingerprint density at radius 2 is 1.56 bits per heavy atom. The van der Waals surface area contributed by atoms with Crippen LogP contribution in [0.25, 0.3) is 11.2 Å². The second-order valence-corrected chi connectivity index (χ2v) is 11.6. The van der Waals surface area contributed by atoms with Gasteiger partial charge in [-0.1, -0.05) is 13.8 Å². The lowest BCUT2D eigenvalue weighted by Crippen LogP contribution is -2.45. The van der Waals surface area contributed by atoms with Gasteiger partial charge >= 0.3 is 23.6 Å². The third-order valence-corrected chi connectivity index (χ3v) is 8.94. The average molecular weight is 576 g/mol. The number of aromatic nitrogens is 4. The maximum atomic E-state index is 13.2. The van der Waals surface area contributed by atoms with Crippen molar-refractivity contribution in [3.05, 3.63) is 26.7 Å². The number of carbonyl (C=O) groups excluding carboxylic acids is 2.